The predicted octanol–water partition coefficient (Wildman–Crippen LogP) is 3.14. The van der Waals surface area contributed by atoms with Gasteiger partial charge in [0.15, 0.2) is 10.9 Å². The van der Waals surface area contributed by atoms with Crippen LogP contribution in [0.1, 0.15) is 49.0 Å². The molecule has 0 amide bonds. The van der Waals surface area contributed by atoms with Crippen LogP contribution < -0.4 is 4.90 Å². The number of Topliss-reactive ketones (excluding diaryl/α,β-unsaturated/α-hetero) is 1. The number of hydrogen-bond donors (Lipinski definition) is 0. The molecule has 17 heavy (non-hydrogen) atoms. The Morgan fingerprint density at radius 2 is 2.18 bits per heavy atom. The van der Waals surface area contributed by atoms with Crippen molar-refractivity contribution in [2.24, 2.45) is 5.92 Å². The third kappa shape index (κ3) is 2.68. The van der Waals surface area contributed by atoms with Gasteiger partial charge >= 0.3 is 0 Å². The summed E-state index contributed by atoms with van der Waals surface area (Å²) in [5.41, 5.74) is 1.03. The summed E-state index contributed by atoms with van der Waals surface area (Å²) in [5.74, 6) is 0.905. The molecule has 0 spiro atoms. The van der Waals surface area contributed by atoms with Crippen LogP contribution in [0.25, 0.3) is 0 Å². The van der Waals surface area contributed by atoms with Gasteiger partial charge in [-0.05, 0) is 25.7 Å². The molecule has 1 aliphatic rings. The Labute approximate surface area is 107 Å². The highest BCUT2D eigenvalue weighted by Crippen LogP contribution is 2.31. The Bertz CT molecular complexity index is 412. The van der Waals surface area contributed by atoms with Crippen LogP contribution in [0, 0.1) is 5.92 Å². The minimum Gasteiger partial charge on any atom is -0.348 e. The SMILES string of the molecule is CCN(CC(C)C)c1nc2c(s1)C(=O)CCC2. The van der Waals surface area contributed by atoms with E-state index < -0.39 is 0 Å². The van der Waals surface area contributed by atoms with E-state index in [1.165, 1.54) is 0 Å². The first-order valence-corrected chi connectivity index (χ1v) is 7.21. The lowest BCUT2D eigenvalue weighted by Gasteiger charge is -2.21. The zero-order chi connectivity index (χ0) is 12.4. The Balaban J connectivity index is 2.23. The van der Waals surface area contributed by atoms with E-state index in [-0.39, 0.29) is 5.78 Å². The van der Waals surface area contributed by atoms with Crippen molar-refractivity contribution in [3.63, 3.8) is 0 Å². The molecule has 0 aliphatic heterocycles. The summed E-state index contributed by atoms with van der Waals surface area (Å²) in [6.07, 6.45) is 2.63. The smallest absolute Gasteiger partial charge is 0.186 e. The zero-order valence-electron chi connectivity index (χ0n) is 10.8. The molecule has 1 heterocycles. The van der Waals surface area contributed by atoms with Gasteiger partial charge in [-0.1, -0.05) is 25.2 Å². The summed E-state index contributed by atoms with van der Waals surface area (Å²) in [7, 11) is 0. The van der Waals surface area contributed by atoms with E-state index in [4.69, 9.17) is 0 Å². The van der Waals surface area contributed by atoms with Gasteiger partial charge < -0.3 is 4.90 Å². The molecule has 0 aromatic carbocycles. The molecule has 0 atom stereocenters. The highest BCUT2D eigenvalue weighted by molar-refractivity contribution is 7.17. The molecule has 0 fully saturated rings. The van der Waals surface area contributed by atoms with Crippen LogP contribution in [0.15, 0.2) is 0 Å². The molecule has 1 aromatic rings. The lowest BCUT2D eigenvalue weighted by molar-refractivity contribution is 0.0976. The molecule has 3 nitrogen and oxygen atoms in total. The first kappa shape index (κ1) is 12.6. The van der Waals surface area contributed by atoms with Crippen LogP contribution >= 0.6 is 11.3 Å². The fourth-order valence-electron chi connectivity index (χ4n) is 2.17. The van der Waals surface area contributed by atoms with Gasteiger partial charge in [0.05, 0.1) is 10.6 Å². The number of aryl methyl sites for hydroxylation is 1. The summed E-state index contributed by atoms with van der Waals surface area (Å²) in [6, 6.07) is 0. The summed E-state index contributed by atoms with van der Waals surface area (Å²) < 4.78 is 0. The van der Waals surface area contributed by atoms with Crippen LogP contribution in [-0.4, -0.2) is 23.9 Å². The molecule has 4 heteroatoms. The molecular formula is C13H20N2OS. The van der Waals surface area contributed by atoms with E-state index in [1.54, 1.807) is 11.3 Å². The fraction of sp³-hybridized carbons (Fsp3) is 0.692. The Morgan fingerprint density at radius 1 is 1.41 bits per heavy atom. The minimum atomic E-state index is 0.288. The number of carbonyl (C=O) groups excluding carboxylic acids is 1. The fourth-order valence-corrected chi connectivity index (χ4v) is 3.33. The molecule has 2 rings (SSSR count). The third-order valence-electron chi connectivity index (χ3n) is 2.99. The van der Waals surface area contributed by atoms with Crippen LogP contribution in [-0.2, 0) is 6.42 Å². The average Bonchev–Trinajstić information content (AvgIpc) is 2.70. The van der Waals surface area contributed by atoms with Crippen molar-refractivity contribution in [2.75, 3.05) is 18.0 Å². The van der Waals surface area contributed by atoms with Crippen LogP contribution in [0.4, 0.5) is 5.13 Å². The van der Waals surface area contributed by atoms with Crippen molar-refractivity contribution < 1.29 is 4.79 Å². The Morgan fingerprint density at radius 3 is 2.76 bits per heavy atom. The number of anilines is 1. The van der Waals surface area contributed by atoms with Gasteiger partial charge in [0.1, 0.15) is 0 Å². The number of hydrogen-bond acceptors (Lipinski definition) is 4. The number of carbonyl (C=O) groups is 1. The zero-order valence-corrected chi connectivity index (χ0v) is 11.6. The van der Waals surface area contributed by atoms with Crippen molar-refractivity contribution in [1.82, 2.24) is 4.98 Å². The van der Waals surface area contributed by atoms with Gasteiger partial charge in [0.2, 0.25) is 0 Å². The van der Waals surface area contributed by atoms with Gasteiger partial charge in [-0.25, -0.2) is 4.98 Å². The maximum atomic E-state index is 11.8. The van der Waals surface area contributed by atoms with Crippen molar-refractivity contribution in [3.05, 3.63) is 10.6 Å². The van der Waals surface area contributed by atoms with Crippen LogP contribution in [0.3, 0.4) is 0 Å². The van der Waals surface area contributed by atoms with E-state index >= 15 is 0 Å². The summed E-state index contributed by atoms with van der Waals surface area (Å²) in [6.45, 7) is 8.53. The quantitative estimate of drug-likeness (QED) is 0.825. The van der Waals surface area contributed by atoms with Gasteiger partial charge in [0, 0.05) is 19.5 Å². The third-order valence-corrected chi connectivity index (χ3v) is 4.19. The molecule has 0 saturated carbocycles. The van der Waals surface area contributed by atoms with Crippen molar-refractivity contribution >= 4 is 22.3 Å². The highest BCUT2D eigenvalue weighted by atomic mass is 32.1. The van der Waals surface area contributed by atoms with E-state index in [9.17, 15) is 4.79 Å². The van der Waals surface area contributed by atoms with Crippen molar-refractivity contribution in [2.45, 2.75) is 40.0 Å². The first-order valence-electron chi connectivity index (χ1n) is 6.39. The number of fused-ring (bicyclic) bond motifs is 1. The standard InChI is InChI=1S/C13H20N2OS/c1-4-15(8-9(2)3)13-14-10-6-5-7-11(16)12(10)17-13/h9H,4-8H2,1-3H3. The maximum absolute atomic E-state index is 11.8. The number of aromatic nitrogens is 1. The monoisotopic (exact) mass is 252 g/mol. The molecule has 0 radical (unpaired) electrons. The van der Waals surface area contributed by atoms with Gasteiger partial charge in [-0.15, -0.1) is 0 Å². The van der Waals surface area contributed by atoms with Gasteiger partial charge in [-0.2, -0.15) is 0 Å². The second-order valence-corrected chi connectivity index (χ2v) is 5.96. The second-order valence-electron chi connectivity index (χ2n) is 4.98. The van der Waals surface area contributed by atoms with Crippen LogP contribution in [0.5, 0.6) is 0 Å². The lowest BCUT2D eigenvalue weighted by atomic mass is 10.0. The summed E-state index contributed by atoms with van der Waals surface area (Å²) in [4.78, 5) is 19.6. The van der Waals surface area contributed by atoms with Crippen LogP contribution in [0.2, 0.25) is 0 Å². The molecular weight excluding hydrogens is 232 g/mol. The second kappa shape index (κ2) is 5.17. The average molecular weight is 252 g/mol. The normalized spacial score (nSPS) is 15.2. The number of rotatable bonds is 4. The highest BCUT2D eigenvalue weighted by Gasteiger charge is 2.23. The van der Waals surface area contributed by atoms with E-state index in [0.29, 0.717) is 12.3 Å². The van der Waals surface area contributed by atoms with E-state index in [1.807, 2.05) is 0 Å². The van der Waals surface area contributed by atoms with Gasteiger partial charge in [-0.3, -0.25) is 4.79 Å². The molecule has 1 aromatic heterocycles. The molecule has 0 N–H and O–H groups in total. The molecule has 94 valence electrons. The van der Waals surface area contributed by atoms with Crippen molar-refractivity contribution in [3.8, 4) is 0 Å². The lowest BCUT2D eigenvalue weighted by Crippen LogP contribution is -2.27. The molecule has 0 bridgehead atoms. The number of ketones is 1. The Hall–Kier alpha value is -0.900. The van der Waals surface area contributed by atoms with Crippen molar-refractivity contribution in [1.29, 1.82) is 0 Å². The number of thiazole rings is 1. The first-order chi connectivity index (χ1) is 8.11. The molecule has 0 unspecified atom stereocenters. The summed E-state index contributed by atoms with van der Waals surface area (Å²) in [5, 5.41) is 1.03. The van der Waals surface area contributed by atoms with Gasteiger partial charge in [0.25, 0.3) is 0 Å². The molecule has 1 aliphatic carbocycles. The summed E-state index contributed by atoms with van der Waals surface area (Å²) >= 11 is 1.58. The minimum absolute atomic E-state index is 0.288. The maximum Gasteiger partial charge on any atom is 0.186 e. The topological polar surface area (TPSA) is 33.2 Å². The van der Waals surface area contributed by atoms with E-state index in [0.717, 1.165) is 41.6 Å². The number of nitrogens with zero attached hydrogens (tertiary/aromatic N) is 2. The predicted molar refractivity (Wildman–Crippen MR) is 72.1 cm³/mol. The molecule has 0 saturated heterocycles. The van der Waals surface area contributed by atoms with E-state index in [2.05, 4.69) is 30.7 Å². The largest absolute Gasteiger partial charge is 0.348 e. The Kier molecular flexibility index (Phi) is 3.82.